The van der Waals surface area contributed by atoms with E-state index in [1.165, 1.54) is 11.3 Å². The van der Waals surface area contributed by atoms with E-state index in [0.29, 0.717) is 6.54 Å². The van der Waals surface area contributed by atoms with Gasteiger partial charge in [-0.15, -0.1) is 0 Å². The van der Waals surface area contributed by atoms with E-state index < -0.39 is 5.60 Å². The van der Waals surface area contributed by atoms with Gasteiger partial charge in [-0.05, 0) is 32.4 Å². The fraction of sp³-hybridized carbons (Fsp3) is 0.500. The number of ether oxygens (including phenoxy) is 1. The van der Waals surface area contributed by atoms with E-state index in [1.807, 2.05) is 55.2 Å². The van der Waals surface area contributed by atoms with Gasteiger partial charge in [-0.2, -0.15) is 5.10 Å². The summed E-state index contributed by atoms with van der Waals surface area (Å²) in [6.45, 7) is 6.25. The third-order valence-corrected chi connectivity index (χ3v) is 4.70. The van der Waals surface area contributed by atoms with Crippen LogP contribution in [-0.4, -0.2) is 44.6 Å². The van der Waals surface area contributed by atoms with Gasteiger partial charge in [0.15, 0.2) is 0 Å². The number of likely N-dealkylation sites (tertiary alicyclic amines) is 1. The van der Waals surface area contributed by atoms with Crippen molar-refractivity contribution in [3.8, 4) is 5.75 Å². The molecule has 3 rings (SSSR count). The highest BCUT2D eigenvalue weighted by molar-refractivity contribution is 5.22. The first-order chi connectivity index (χ1) is 11.0. The normalized spacial score (nSPS) is 25.5. The summed E-state index contributed by atoms with van der Waals surface area (Å²) < 4.78 is 7.89. The summed E-state index contributed by atoms with van der Waals surface area (Å²) in [6, 6.07) is 9.72. The molecule has 1 aliphatic rings. The third-order valence-electron chi connectivity index (χ3n) is 4.70. The van der Waals surface area contributed by atoms with Crippen molar-refractivity contribution in [1.29, 1.82) is 0 Å². The van der Waals surface area contributed by atoms with E-state index in [-0.39, 0.29) is 6.10 Å². The van der Waals surface area contributed by atoms with Crippen LogP contribution in [0.1, 0.15) is 24.6 Å². The van der Waals surface area contributed by atoms with Crippen molar-refractivity contribution in [2.75, 3.05) is 13.1 Å². The molecular formula is C18H25N3O2. The fourth-order valence-corrected chi connectivity index (χ4v) is 3.17. The van der Waals surface area contributed by atoms with E-state index in [1.54, 1.807) is 0 Å². The van der Waals surface area contributed by atoms with Gasteiger partial charge in [0, 0.05) is 37.9 Å². The van der Waals surface area contributed by atoms with Gasteiger partial charge in [0.1, 0.15) is 17.5 Å². The van der Waals surface area contributed by atoms with Crippen LogP contribution in [0.5, 0.6) is 5.75 Å². The molecule has 124 valence electrons. The quantitative estimate of drug-likeness (QED) is 0.939. The monoisotopic (exact) mass is 315 g/mol. The van der Waals surface area contributed by atoms with Crippen LogP contribution in [0, 0.1) is 6.92 Å². The smallest absolute Gasteiger partial charge is 0.129 e. The lowest BCUT2D eigenvalue weighted by molar-refractivity contribution is -0.0993. The molecular weight excluding hydrogens is 290 g/mol. The molecule has 1 N–H and O–H groups in total. The maximum atomic E-state index is 10.8. The van der Waals surface area contributed by atoms with Crippen LogP contribution in [0.15, 0.2) is 36.5 Å². The third kappa shape index (κ3) is 3.57. The van der Waals surface area contributed by atoms with Gasteiger partial charge in [0.05, 0.1) is 6.20 Å². The molecule has 1 aromatic carbocycles. The zero-order chi connectivity index (χ0) is 16.4. The number of β-amino-alcohol motifs (C(OH)–C–C–N with tert-alkyl or cyclic N) is 1. The number of rotatable bonds is 4. The van der Waals surface area contributed by atoms with Gasteiger partial charge >= 0.3 is 0 Å². The molecule has 0 aliphatic carbocycles. The zero-order valence-electron chi connectivity index (χ0n) is 14.1. The zero-order valence-corrected chi connectivity index (χ0v) is 14.1. The molecule has 0 saturated carbocycles. The van der Waals surface area contributed by atoms with Gasteiger partial charge < -0.3 is 9.84 Å². The number of hydrogen-bond acceptors (Lipinski definition) is 4. The van der Waals surface area contributed by atoms with E-state index in [0.717, 1.165) is 25.3 Å². The number of piperidine rings is 1. The van der Waals surface area contributed by atoms with Gasteiger partial charge in [-0.3, -0.25) is 9.58 Å². The Morgan fingerprint density at radius 3 is 2.70 bits per heavy atom. The van der Waals surface area contributed by atoms with Crippen LogP contribution < -0.4 is 4.74 Å². The summed E-state index contributed by atoms with van der Waals surface area (Å²) in [7, 11) is 1.95. The van der Waals surface area contributed by atoms with Crippen molar-refractivity contribution >= 4 is 0 Å². The second-order valence-corrected chi connectivity index (χ2v) is 6.65. The number of nitrogens with zero attached hydrogens (tertiary/aromatic N) is 3. The molecule has 0 bridgehead atoms. The standard InChI is InChI=1S/C18H25N3O2/c1-14-15(11-19-20(14)3)12-21-10-9-17(18(2,22)13-21)23-16-7-5-4-6-8-16/h4-8,11,17,22H,9-10,12-13H2,1-3H3/t17-,18-/m0/s1. The lowest BCUT2D eigenvalue weighted by atomic mass is 9.91. The minimum absolute atomic E-state index is 0.184. The van der Waals surface area contributed by atoms with Gasteiger partial charge in [-0.25, -0.2) is 0 Å². The second kappa shape index (κ2) is 6.34. The van der Waals surface area contributed by atoms with Crippen LogP contribution in [0.25, 0.3) is 0 Å². The fourth-order valence-electron chi connectivity index (χ4n) is 3.17. The van der Waals surface area contributed by atoms with Gasteiger partial charge in [-0.1, -0.05) is 18.2 Å². The molecule has 0 spiro atoms. The second-order valence-electron chi connectivity index (χ2n) is 6.65. The molecule has 1 aromatic heterocycles. The minimum atomic E-state index is -0.871. The Morgan fingerprint density at radius 2 is 2.09 bits per heavy atom. The summed E-state index contributed by atoms with van der Waals surface area (Å²) in [5, 5.41) is 15.1. The molecule has 1 saturated heterocycles. The average Bonchev–Trinajstić information content (AvgIpc) is 2.83. The highest BCUT2D eigenvalue weighted by Gasteiger charge is 2.39. The Morgan fingerprint density at radius 1 is 1.35 bits per heavy atom. The van der Waals surface area contributed by atoms with Crippen LogP contribution in [-0.2, 0) is 13.6 Å². The van der Waals surface area contributed by atoms with Crippen molar-refractivity contribution in [3.63, 3.8) is 0 Å². The number of hydrogen-bond donors (Lipinski definition) is 1. The molecule has 2 aromatic rings. The molecule has 0 amide bonds. The first kappa shape index (κ1) is 16.0. The number of aromatic nitrogens is 2. The van der Waals surface area contributed by atoms with Crippen molar-refractivity contribution in [3.05, 3.63) is 47.8 Å². The molecule has 0 unspecified atom stereocenters. The molecule has 2 atom stereocenters. The Bertz CT molecular complexity index is 652. The minimum Gasteiger partial charge on any atom is -0.487 e. The predicted octanol–water partition coefficient (Wildman–Crippen LogP) is 2.13. The Kier molecular flexibility index (Phi) is 4.41. The number of aryl methyl sites for hydroxylation is 1. The highest BCUT2D eigenvalue weighted by Crippen LogP contribution is 2.27. The number of aliphatic hydroxyl groups is 1. The molecule has 0 radical (unpaired) electrons. The van der Waals surface area contributed by atoms with E-state index in [2.05, 4.69) is 16.9 Å². The van der Waals surface area contributed by atoms with E-state index in [9.17, 15) is 5.11 Å². The molecule has 1 fully saturated rings. The van der Waals surface area contributed by atoms with Crippen molar-refractivity contribution in [2.24, 2.45) is 7.05 Å². The maximum Gasteiger partial charge on any atom is 0.129 e. The number of para-hydroxylation sites is 1. The van der Waals surface area contributed by atoms with Crippen molar-refractivity contribution in [1.82, 2.24) is 14.7 Å². The summed E-state index contributed by atoms with van der Waals surface area (Å²) >= 11 is 0. The van der Waals surface area contributed by atoms with Gasteiger partial charge in [0.25, 0.3) is 0 Å². The Hall–Kier alpha value is -1.85. The SMILES string of the molecule is Cc1c(CN2CC[C@H](Oc3ccccc3)[C@@](C)(O)C2)cnn1C. The van der Waals surface area contributed by atoms with Crippen molar-refractivity contribution < 1.29 is 9.84 Å². The van der Waals surface area contributed by atoms with Crippen LogP contribution in [0.3, 0.4) is 0 Å². The lowest BCUT2D eigenvalue weighted by Gasteiger charge is -2.42. The predicted molar refractivity (Wildman–Crippen MR) is 89.3 cm³/mol. The topological polar surface area (TPSA) is 50.5 Å². The number of benzene rings is 1. The Labute approximate surface area is 137 Å². The summed E-state index contributed by atoms with van der Waals surface area (Å²) in [6.07, 6.45) is 2.54. The Balaban J connectivity index is 1.64. The molecule has 5 nitrogen and oxygen atoms in total. The summed E-state index contributed by atoms with van der Waals surface area (Å²) in [4.78, 5) is 2.27. The first-order valence-electron chi connectivity index (χ1n) is 8.09. The average molecular weight is 315 g/mol. The summed E-state index contributed by atoms with van der Waals surface area (Å²) in [5.41, 5.74) is 1.52. The molecule has 23 heavy (non-hydrogen) atoms. The highest BCUT2D eigenvalue weighted by atomic mass is 16.5. The van der Waals surface area contributed by atoms with Crippen LogP contribution in [0.2, 0.25) is 0 Å². The van der Waals surface area contributed by atoms with Crippen molar-refractivity contribution in [2.45, 2.75) is 38.5 Å². The van der Waals surface area contributed by atoms with Crippen LogP contribution in [0.4, 0.5) is 0 Å². The lowest BCUT2D eigenvalue weighted by Crippen LogP contribution is -2.56. The molecule has 1 aliphatic heterocycles. The first-order valence-corrected chi connectivity index (χ1v) is 8.09. The van der Waals surface area contributed by atoms with E-state index in [4.69, 9.17) is 4.74 Å². The van der Waals surface area contributed by atoms with E-state index >= 15 is 0 Å². The van der Waals surface area contributed by atoms with Crippen LogP contribution >= 0.6 is 0 Å². The molecule has 2 heterocycles. The summed E-state index contributed by atoms with van der Waals surface area (Å²) in [5.74, 6) is 0.814. The van der Waals surface area contributed by atoms with Gasteiger partial charge in [0.2, 0.25) is 0 Å². The molecule has 5 heteroatoms. The maximum absolute atomic E-state index is 10.8. The largest absolute Gasteiger partial charge is 0.487 e.